The van der Waals surface area contributed by atoms with Crippen molar-refractivity contribution < 1.29 is 17.9 Å². The second-order valence-corrected chi connectivity index (χ2v) is 11.2. The Morgan fingerprint density at radius 2 is 2.15 bits per heavy atom. The number of amides is 1. The number of benzene rings is 1. The number of hydrogen-bond acceptors (Lipinski definition) is 6. The molecule has 1 atom stereocenters. The van der Waals surface area contributed by atoms with E-state index >= 15 is 0 Å². The summed E-state index contributed by atoms with van der Waals surface area (Å²) >= 11 is 6.26. The fourth-order valence-corrected chi connectivity index (χ4v) is 7.93. The maximum Gasteiger partial charge on any atom is 0.253 e. The van der Waals surface area contributed by atoms with Crippen LogP contribution in [0.15, 0.2) is 39.0 Å². The van der Waals surface area contributed by atoms with Gasteiger partial charge in [0.1, 0.15) is 9.96 Å². The first-order valence-corrected chi connectivity index (χ1v) is 12.2. The van der Waals surface area contributed by atoms with Crippen LogP contribution in [0.1, 0.15) is 22.7 Å². The fraction of sp³-hybridized carbons (Fsp3) is 0.353. The molecule has 1 aromatic heterocycles. The summed E-state index contributed by atoms with van der Waals surface area (Å²) in [4.78, 5) is 11.9. The Labute approximate surface area is 175 Å². The van der Waals surface area contributed by atoms with Gasteiger partial charge in [0.15, 0.2) is 0 Å². The van der Waals surface area contributed by atoms with Crippen LogP contribution in [0.2, 0.25) is 0 Å². The van der Waals surface area contributed by atoms with Crippen molar-refractivity contribution in [2.45, 2.75) is 23.1 Å². The van der Waals surface area contributed by atoms with Gasteiger partial charge in [0.25, 0.3) is 10.0 Å². The lowest BCUT2D eigenvalue weighted by Gasteiger charge is -2.23. The largest absolute Gasteiger partial charge is 0.496 e. The highest BCUT2D eigenvalue weighted by Gasteiger charge is 2.37. The number of sulfonamides is 1. The van der Waals surface area contributed by atoms with Crippen molar-refractivity contribution in [1.29, 1.82) is 0 Å². The number of nitrogens with one attached hydrogen (secondary N) is 1. The highest BCUT2D eigenvalue weighted by molar-refractivity contribution is 9.10. The first kappa shape index (κ1) is 20.7. The maximum atomic E-state index is 13.2. The van der Waals surface area contributed by atoms with Crippen molar-refractivity contribution in [3.8, 4) is 5.75 Å². The van der Waals surface area contributed by atoms with E-state index in [1.54, 1.807) is 35.3 Å². The Hall–Kier alpha value is -1.07. The third-order valence-electron chi connectivity index (χ3n) is 4.02. The first-order chi connectivity index (χ1) is 12.8. The van der Waals surface area contributed by atoms with E-state index in [-0.39, 0.29) is 11.3 Å². The quantitative estimate of drug-likeness (QED) is 0.669. The molecule has 3 rings (SSSR count). The van der Waals surface area contributed by atoms with Crippen molar-refractivity contribution in [2.24, 2.45) is 0 Å². The van der Waals surface area contributed by atoms with Gasteiger partial charge < -0.3 is 10.1 Å². The molecule has 1 aliphatic heterocycles. The lowest BCUT2D eigenvalue weighted by molar-refractivity contribution is -0.119. The number of ether oxygens (including phenoxy) is 1. The molecule has 0 bridgehead atoms. The normalized spacial score (nSPS) is 17.8. The first-order valence-electron chi connectivity index (χ1n) is 8.13. The highest BCUT2D eigenvalue weighted by Crippen LogP contribution is 2.43. The molecule has 0 saturated carbocycles. The van der Waals surface area contributed by atoms with Crippen LogP contribution >= 0.6 is 39.0 Å². The van der Waals surface area contributed by atoms with Gasteiger partial charge in [-0.1, -0.05) is 6.07 Å². The smallest absolute Gasteiger partial charge is 0.253 e. The van der Waals surface area contributed by atoms with E-state index in [9.17, 15) is 13.2 Å². The van der Waals surface area contributed by atoms with Crippen molar-refractivity contribution in [2.75, 3.05) is 19.4 Å². The number of nitrogens with zero attached hydrogens (tertiary/aromatic N) is 1. The predicted molar refractivity (Wildman–Crippen MR) is 112 cm³/mol. The minimum atomic E-state index is -3.61. The van der Waals surface area contributed by atoms with Gasteiger partial charge in [-0.2, -0.15) is 4.31 Å². The van der Waals surface area contributed by atoms with Crippen molar-refractivity contribution in [3.05, 3.63) is 45.2 Å². The molecule has 1 aliphatic rings. The van der Waals surface area contributed by atoms with Crippen LogP contribution in [0.3, 0.4) is 0 Å². The third kappa shape index (κ3) is 4.51. The van der Waals surface area contributed by atoms with Crippen LogP contribution in [-0.4, -0.2) is 38.0 Å². The summed E-state index contributed by atoms with van der Waals surface area (Å²) < 4.78 is 34.2. The summed E-state index contributed by atoms with van der Waals surface area (Å²) in [5.74, 6) is 1.29. The molecule has 1 N–H and O–H groups in total. The Balaban J connectivity index is 1.85. The molecule has 2 heterocycles. The molecule has 1 aromatic carbocycles. The molecule has 2 aromatic rings. The summed E-state index contributed by atoms with van der Waals surface area (Å²) in [6.45, 7) is 2.23. The number of thioether (sulfide) groups is 1. The summed E-state index contributed by atoms with van der Waals surface area (Å²) in [6.07, 6.45) is 0. The van der Waals surface area contributed by atoms with E-state index in [0.717, 1.165) is 20.7 Å². The van der Waals surface area contributed by atoms with Crippen LogP contribution in [0.25, 0.3) is 0 Å². The fourth-order valence-electron chi connectivity index (χ4n) is 2.72. The molecule has 0 aliphatic carbocycles. The third-order valence-corrected chi connectivity index (χ3v) is 9.45. The van der Waals surface area contributed by atoms with Crippen LogP contribution in [0.5, 0.6) is 5.75 Å². The molecular formula is C17H19BrN2O4S3. The van der Waals surface area contributed by atoms with Crippen molar-refractivity contribution in [1.82, 2.24) is 9.62 Å². The van der Waals surface area contributed by atoms with Gasteiger partial charge >= 0.3 is 0 Å². The van der Waals surface area contributed by atoms with Crippen molar-refractivity contribution >= 4 is 55.0 Å². The van der Waals surface area contributed by atoms with Gasteiger partial charge in [-0.3, -0.25) is 4.79 Å². The Morgan fingerprint density at radius 3 is 2.81 bits per heavy atom. The lowest BCUT2D eigenvalue weighted by Crippen LogP contribution is -2.30. The molecule has 27 heavy (non-hydrogen) atoms. The van der Waals surface area contributed by atoms with Crippen LogP contribution in [0.4, 0.5) is 0 Å². The Bertz CT molecular complexity index is 945. The number of methoxy groups -OCH3 is 1. The zero-order valence-corrected chi connectivity index (χ0v) is 18.8. The van der Waals surface area contributed by atoms with Crippen LogP contribution in [-0.2, 0) is 21.4 Å². The molecule has 1 fully saturated rings. The molecular weight excluding hydrogens is 472 g/mol. The Morgan fingerprint density at radius 1 is 1.37 bits per heavy atom. The van der Waals surface area contributed by atoms with E-state index in [2.05, 4.69) is 21.2 Å². The summed E-state index contributed by atoms with van der Waals surface area (Å²) in [5, 5.41) is 2.41. The van der Waals surface area contributed by atoms with Gasteiger partial charge in [-0.25, -0.2) is 8.42 Å². The number of halogens is 1. The van der Waals surface area contributed by atoms with Crippen LogP contribution < -0.4 is 10.1 Å². The zero-order chi connectivity index (χ0) is 19.6. The summed E-state index contributed by atoms with van der Waals surface area (Å²) in [7, 11) is -2.02. The van der Waals surface area contributed by atoms with E-state index in [1.807, 2.05) is 18.2 Å². The molecule has 0 spiro atoms. The number of rotatable bonds is 6. The molecule has 1 saturated heterocycles. The van der Waals surface area contributed by atoms with E-state index < -0.39 is 10.0 Å². The molecule has 1 unspecified atom stereocenters. The Kier molecular flexibility index (Phi) is 6.52. The van der Waals surface area contributed by atoms with E-state index in [0.29, 0.717) is 23.0 Å². The highest BCUT2D eigenvalue weighted by atomic mass is 79.9. The molecule has 146 valence electrons. The average Bonchev–Trinajstić information content (AvgIpc) is 3.30. The van der Waals surface area contributed by atoms with Crippen molar-refractivity contribution in [3.63, 3.8) is 0 Å². The van der Waals surface area contributed by atoms with Gasteiger partial charge in [0.05, 0.1) is 23.5 Å². The number of carbonyl (C=O) groups is 1. The van der Waals surface area contributed by atoms with Gasteiger partial charge in [-0.15, -0.1) is 23.1 Å². The molecule has 1 amide bonds. The lowest BCUT2D eigenvalue weighted by atomic mass is 10.2. The predicted octanol–water partition coefficient (Wildman–Crippen LogP) is 3.59. The monoisotopic (exact) mass is 490 g/mol. The standard InChI is InChI=1S/C17H19BrN2O4S3/c1-11(21)19-10-13-4-6-16(26-13)27(22,23)20-7-8-25-17(20)12-3-5-15(24-2)14(18)9-12/h3-6,9,17H,7-8,10H2,1-2H3,(H,19,21). The minimum absolute atomic E-state index is 0.145. The number of hydrogen-bond donors (Lipinski definition) is 1. The number of carbonyl (C=O) groups excluding carboxylic acids is 1. The second-order valence-electron chi connectivity index (χ2n) is 5.86. The number of thiophene rings is 1. The second kappa shape index (κ2) is 8.52. The van der Waals surface area contributed by atoms with Crippen LogP contribution in [0, 0.1) is 0 Å². The zero-order valence-electron chi connectivity index (χ0n) is 14.8. The maximum absolute atomic E-state index is 13.2. The topological polar surface area (TPSA) is 75.7 Å². The van der Waals surface area contributed by atoms with E-state index in [1.165, 1.54) is 18.3 Å². The van der Waals surface area contributed by atoms with E-state index in [4.69, 9.17) is 4.74 Å². The average molecular weight is 491 g/mol. The minimum Gasteiger partial charge on any atom is -0.496 e. The molecule has 6 nitrogen and oxygen atoms in total. The molecule has 10 heteroatoms. The summed E-state index contributed by atoms with van der Waals surface area (Å²) in [5.41, 5.74) is 0.906. The summed E-state index contributed by atoms with van der Waals surface area (Å²) in [6, 6.07) is 8.99. The molecule has 0 radical (unpaired) electrons. The van der Waals surface area contributed by atoms with Gasteiger partial charge in [0.2, 0.25) is 5.91 Å². The van der Waals surface area contributed by atoms with Gasteiger partial charge in [-0.05, 0) is 45.8 Å². The van der Waals surface area contributed by atoms with Gasteiger partial charge in [0, 0.05) is 24.1 Å². The SMILES string of the molecule is COc1ccc(C2SCCN2S(=O)(=O)c2ccc(CNC(C)=O)s2)cc1Br.